The van der Waals surface area contributed by atoms with Crippen molar-refractivity contribution in [3.05, 3.63) is 65.7 Å². The van der Waals surface area contributed by atoms with Gasteiger partial charge < -0.3 is 20.1 Å². The molecular formula is C19H22N2O4. The van der Waals surface area contributed by atoms with E-state index in [0.29, 0.717) is 18.9 Å². The van der Waals surface area contributed by atoms with Gasteiger partial charge >= 0.3 is 6.09 Å². The molecule has 0 fully saturated rings. The standard InChI is InChI=1S/C19H22N2O4/c1-2-24-14-16-10-6-7-11-17(16)21-18(22)12-20-19(23)25-13-15-8-4-3-5-9-15/h3-11H,2,12-14H2,1H3,(H,20,23)(H,21,22). The van der Waals surface area contributed by atoms with Crippen LogP contribution in [0.2, 0.25) is 0 Å². The largest absolute Gasteiger partial charge is 0.445 e. The highest BCUT2D eigenvalue weighted by molar-refractivity contribution is 5.94. The molecule has 2 rings (SSSR count). The number of alkyl carbamates (subject to hydrolysis) is 1. The fourth-order valence-corrected chi connectivity index (χ4v) is 2.10. The van der Waals surface area contributed by atoms with Crippen molar-refractivity contribution in [2.75, 3.05) is 18.5 Å². The van der Waals surface area contributed by atoms with E-state index < -0.39 is 6.09 Å². The number of benzene rings is 2. The lowest BCUT2D eigenvalue weighted by Gasteiger charge is -2.11. The van der Waals surface area contributed by atoms with Crippen LogP contribution < -0.4 is 10.6 Å². The zero-order chi connectivity index (χ0) is 17.9. The number of carbonyl (C=O) groups is 2. The van der Waals surface area contributed by atoms with E-state index in [9.17, 15) is 9.59 Å². The highest BCUT2D eigenvalue weighted by Gasteiger charge is 2.09. The van der Waals surface area contributed by atoms with Gasteiger partial charge in [-0.15, -0.1) is 0 Å². The van der Waals surface area contributed by atoms with Crippen molar-refractivity contribution in [2.24, 2.45) is 0 Å². The fourth-order valence-electron chi connectivity index (χ4n) is 2.10. The van der Waals surface area contributed by atoms with Crippen LogP contribution in [0.3, 0.4) is 0 Å². The molecular weight excluding hydrogens is 320 g/mol. The van der Waals surface area contributed by atoms with Crippen molar-refractivity contribution in [1.29, 1.82) is 0 Å². The van der Waals surface area contributed by atoms with Crippen molar-refractivity contribution in [3.8, 4) is 0 Å². The molecule has 2 amide bonds. The Bertz CT molecular complexity index is 689. The summed E-state index contributed by atoms with van der Waals surface area (Å²) in [5, 5.41) is 5.19. The molecule has 6 heteroatoms. The Morgan fingerprint density at radius 3 is 2.44 bits per heavy atom. The summed E-state index contributed by atoms with van der Waals surface area (Å²) in [5.41, 5.74) is 2.43. The predicted molar refractivity (Wildman–Crippen MR) is 95.0 cm³/mol. The number of hydrogen-bond acceptors (Lipinski definition) is 4. The number of carbonyl (C=O) groups excluding carboxylic acids is 2. The monoisotopic (exact) mass is 342 g/mol. The first-order valence-corrected chi connectivity index (χ1v) is 8.09. The van der Waals surface area contributed by atoms with Gasteiger partial charge in [0, 0.05) is 17.9 Å². The van der Waals surface area contributed by atoms with Crippen LogP contribution in [-0.2, 0) is 27.5 Å². The molecule has 0 spiro atoms. The molecule has 25 heavy (non-hydrogen) atoms. The van der Waals surface area contributed by atoms with E-state index in [4.69, 9.17) is 9.47 Å². The third-order valence-electron chi connectivity index (χ3n) is 3.36. The second-order valence-corrected chi connectivity index (χ2v) is 5.26. The van der Waals surface area contributed by atoms with Gasteiger partial charge in [0.15, 0.2) is 0 Å². The highest BCUT2D eigenvalue weighted by atomic mass is 16.5. The molecule has 0 bridgehead atoms. The van der Waals surface area contributed by atoms with E-state index in [1.807, 2.05) is 55.5 Å². The average molecular weight is 342 g/mol. The molecule has 0 saturated heterocycles. The highest BCUT2D eigenvalue weighted by Crippen LogP contribution is 2.15. The van der Waals surface area contributed by atoms with Gasteiger partial charge in [-0.2, -0.15) is 0 Å². The van der Waals surface area contributed by atoms with E-state index in [-0.39, 0.29) is 19.1 Å². The second-order valence-electron chi connectivity index (χ2n) is 5.26. The summed E-state index contributed by atoms with van der Waals surface area (Å²) in [6, 6.07) is 16.7. The Labute approximate surface area is 147 Å². The van der Waals surface area contributed by atoms with Gasteiger partial charge in [-0.1, -0.05) is 48.5 Å². The summed E-state index contributed by atoms with van der Waals surface area (Å²) >= 11 is 0. The Balaban J connectivity index is 1.76. The molecule has 0 radical (unpaired) electrons. The fraction of sp³-hybridized carbons (Fsp3) is 0.263. The van der Waals surface area contributed by atoms with Crippen molar-refractivity contribution >= 4 is 17.7 Å². The summed E-state index contributed by atoms with van der Waals surface area (Å²) in [5.74, 6) is -0.333. The molecule has 0 saturated carbocycles. The van der Waals surface area contributed by atoms with Crippen LogP contribution in [0.15, 0.2) is 54.6 Å². The third-order valence-corrected chi connectivity index (χ3v) is 3.36. The minimum absolute atomic E-state index is 0.158. The van der Waals surface area contributed by atoms with Crippen LogP contribution in [0, 0.1) is 0 Å². The first kappa shape index (κ1) is 18.5. The quantitative estimate of drug-likeness (QED) is 0.773. The van der Waals surface area contributed by atoms with Gasteiger partial charge in [0.05, 0.1) is 6.61 Å². The van der Waals surface area contributed by atoms with Crippen LogP contribution in [0.4, 0.5) is 10.5 Å². The first-order valence-electron chi connectivity index (χ1n) is 8.09. The van der Waals surface area contributed by atoms with Gasteiger partial charge in [-0.25, -0.2) is 4.79 Å². The summed E-state index contributed by atoms with van der Waals surface area (Å²) in [4.78, 5) is 23.6. The molecule has 0 atom stereocenters. The maximum Gasteiger partial charge on any atom is 0.407 e. The Kier molecular flexibility index (Phi) is 7.46. The maximum atomic E-state index is 12.0. The number of para-hydroxylation sites is 1. The molecule has 2 aromatic carbocycles. The van der Waals surface area contributed by atoms with Crippen LogP contribution >= 0.6 is 0 Å². The summed E-state index contributed by atoms with van der Waals surface area (Å²) in [6.07, 6.45) is -0.637. The number of anilines is 1. The molecule has 0 aliphatic carbocycles. The molecule has 0 heterocycles. The van der Waals surface area contributed by atoms with E-state index >= 15 is 0 Å². The van der Waals surface area contributed by atoms with E-state index in [1.165, 1.54) is 0 Å². The predicted octanol–water partition coefficient (Wildman–Crippen LogP) is 3.09. The van der Waals surface area contributed by atoms with Crippen molar-refractivity contribution < 1.29 is 19.1 Å². The van der Waals surface area contributed by atoms with Crippen LogP contribution in [0.5, 0.6) is 0 Å². The lowest BCUT2D eigenvalue weighted by Crippen LogP contribution is -2.33. The topological polar surface area (TPSA) is 76.7 Å². The number of hydrogen-bond donors (Lipinski definition) is 2. The van der Waals surface area contributed by atoms with Crippen molar-refractivity contribution in [3.63, 3.8) is 0 Å². The van der Waals surface area contributed by atoms with Crippen molar-refractivity contribution in [2.45, 2.75) is 20.1 Å². The first-order chi connectivity index (χ1) is 12.2. The van der Waals surface area contributed by atoms with Crippen LogP contribution in [0.25, 0.3) is 0 Å². The SMILES string of the molecule is CCOCc1ccccc1NC(=O)CNC(=O)OCc1ccccc1. The van der Waals surface area contributed by atoms with Crippen LogP contribution in [0.1, 0.15) is 18.1 Å². The van der Waals surface area contributed by atoms with E-state index in [0.717, 1.165) is 11.1 Å². The molecule has 0 aromatic heterocycles. The van der Waals surface area contributed by atoms with Gasteiger partial charge in [0.25, 0.3) is 0 Å². The normalized spacial score (nSPS) is 10.1. The van der Waals surface area contributed by atoms with Gasteiger partial charge in [0.2, 0.25) is 5.91 Å². The van der Waals surface area contributed by atoms with E-state index in [1.54, 1.807) is 6.07 Å². The van der Waals surface area contributed by atoms with E-state index in [2.05, 4.69) is 10.6 Å². The third kappa shape index (κ3) is 6.64. The van der Waals surface area contributed by atoms with Gasteiger partial charge in [-0.3, -0.25) is 4.79 Å². The average Bonchev–Trinajstić information content (AvgIpc) is 2.65. The maximum absolute atomic E-state index is 12.0. The van der Waals surface area contributed by atoms with Gasteiger partial charge in [0.1, 0.15) is 13.2 Å². The zero-order valence-electron chi connectivity index (χ0n) is 14.2. The Hall–Kier alpha value is -2.86. The minimum atomic E-state index is -0.637. The molecule has 132 valence electrons. The molecule has 2 aromatic rings. The van der Waals surface area contributed by atoms with Gasteiger partial charge in [-0.05, 0) is 18.6 Å². The number of nitrogens with one attached hydrogen (secondary N) is 2. The Morgan fingerprint density at radius 1 is 0.960 bits per heavy atom. The lowest BCUT2D eigenvalue weighted by atomic mass is 10.2. The Morgan fingerprint density at radius 2 is 1.68 bits per heavy atom. The number of rotatable bonds is 8. The summed E-state index contributed by atoms with van der Waals surface area (Å²) in [6.45, 7) is 2.91. The molecule has 6 nitrogen and oxygen atoms in total. The minimum Gasteiger partial charge on any atom is -0.445 e. The summed E-state index contributed by atoms with van der Waals surface area (Å²) in [7, 11) is 0. The number of amides is 2. The second kappa shape index (κ2) is 10.1. The summed E-state index contributed by atoms with van der Waals surface area (Å²) < 4.78 is 10.4. The smallest absolute Gasteiger partial charge is 0.407 e. The lowest BCUT2D eigenvalue weighted by molar-refractivity contribution is -0.115. The molecule has 0 unspecified atom stereocenters. The number of ether oxygens (including phenoxy) is 2. The molecule has 0 aliphatic rings. The van der Waals surface area contributed by atoms with Crippen LogP contribution in [-0.4, -0.2) is 25.2 Å². The molecule has 2 N–H and O–H groups in total. The van der Waals surface area contributed by atoms with Crippen molar-refractivity contribution in [1.82, 2.24) is 5.32 Å². The zero-order valence-corrected chi connectivity index (χ0v) is 14.2. The molecule has 0 aliphatic heterocycles.